The van der Waals surface area contributed by atoms with Gasteiger partial charge >= 0.3 is 0 Å². The molecule has 0 saturated carbocycles. The average molecular weight is 231 g/mol. The molecular weight excluding hydrogens is 210 g/mol. The Morgan fingerprint density at radius 2 is 2.06 bits per heavy atom. The molecular formula is C14H21N3. The highest BCUT2D eigenvalue weighted by molar-refractivity contribution is 5.81. The van der Waals surface area contributed by atoms with E-state index >= 15 is 0 Å². The normalized spacial score (nSPS) is 15.3. The molecule has 0 spiro atoms. The van der Waals surface area contributed by atoms with Gasteiger partial charge in [-0.3, -0.25) is 4.99 Å². The van der Waals surface area contributed by atoms with Gasteiger partial charge in [-0.2, -0.15) is 0 Å². The van der Waals surface area contributed by atoms with Crippen molar-refractivity contribution in [2.45, 2.75) is 32.2 Å². The molecule has 3 nitrogen and oxygen atoms in total. The third-order valence-electron chi connectivity index (χ3n) is 3.01. The Hall–Kier alpha value is -1.51. The first-order valence-electron chi connectivity index (χ1n) is 6.26. The van der Waals surface area contributed by atoms with Crippen molar-refractivity contribution >= 4 is 5.96 Å². The molecule has 0 radical (unpaired) electrons. The highest BCUT2D eigenvalue weighted by atomic mass is 15.2. The van der Waals surface area contributed by atoms with Crippen molar-refractivity contribution in [1.29, 1.82) is 0 Å². The van der Waals surface area contributed by atoms with E-state index in [2.05, 4.69) is 59.8 Å². The van der Waals surface area contributed by atoms with Gasteiger partial charge in [0.05, 0.1) is 6.54 Å². The summed E-state index contributed by atoms with van der Waals surface area (Å²) in [6, 6.07) is 10.6. The number of nitrogens with zero attached hydrogens (tertiary/aromatic N) is 1. The van der Waals surface area contributed by atoms with E-state index in [1.165, 1.54) is 5.56 Å². The Morgan fingerprint density at radius 3 is 2.71 bits per heavy atom. The maximum atomic E-state index is 4.37. The Labute approximate surface area is 103 Å². The molecule has 0 unspecified atom stereocenters. The van der Waals surface area contributed by atoms with Gasteiger partial charge in [0.2, 0.25) is 0 Å². The number of nitrogens with one attached hydrogen (secondary N) is 2. The van der Waals surface area contributed by atoms with Crippen LogP contribution in [-0.4, -0.2) is 24.6 Å². The van der Waals surface area contributed by atoms with Gasteiger partial charge in [-0.05, 0) is 32.3 Å². The zero-order valence-electron chi connectivity index (χ0n) is 10.7. The molecule has 1 aliphatic rings. The first-order chi connectivity index (χ1) is 8.16. The topological polar surface area (TPSA) is 36.4 Å². The number of rotatable bonds is 4. The monoisotopic (exact) mass is 231 g/mol. The minimum absolute atomic E-state index is 0.0754. The van der Waals surface area contributed by atoms with Crippen molar-refractivity contribution in [3.63, 3.8) is 0 Å². The van der Waals surface area contributed by atoms with Crippen molar-refractivity contribution < 1.29 is 0 Å². The Morgan fingerprint density at radius 1 is 1.29 bits per heavy atom. The van der Waals surface area contributed by atoms with Crippen LogP contribution in [0, 0.1) is 0 Å². The minimum Gasteiger partial charge on any atom is -0.355 e. The van der Waals surface area contributed by atoms with Crippen LogP contribution in [0.2, 0.25) is 0 Å². The van der Waals surface area contributed by atoms with Crippen LogP contribution in [0.5, 0.6) is 0 Å². The van der Waals surface area contributed by atoms with Gasteiger partial charge < -0.3 is 10.6 Å². The van der Waals surface area contributed by atoms with Gasteiger partial charge in [0, 0.05) is 12.1 Å². The molecule has 0 atom stereocenters. The fraction of sp³-hybridized carbons (Fsp3) is 0.500. The zero-order chi connectivity index (χ0) is 12.1. The first kappa shape index (κ1) is 12.0. The van der Waals surface area contributed by atoms with Crippen LogP contribution < -0.4 is 10.6 Å². The molecule has 3 heteroatoms. The van der Waals surface area contributed by atoms with E-state index in [1.54, 1.807) is 0 Å². The summed E-state index contributed by atoms with van der Waals surface area (Å²) in [5.41, 5.74) is 1.47. The third-order valence-corrected chi connectivity index (χ3v) is 3.01. The van der Waals surface area contributed by atoms with E-state index in [0.717, 1.165) is 31.9 Å². The lowest BCUT2D eigenvalue weighted by molar-refractivity contribution is 0.422. The van der Waals surface area contributed by atoms with Gasteiger partial charge in [-0.25, -0.2) is 0 Å². The minimum atomic E-state index is 0.0754. The molecule has 1 heterocycles. The number of guanidine groups is 1. The lowest BCUT2D eigenvalue weighted by Crippen LogP contribution is -2.47. The van der Waals surface area contributed by atoms with Gasteiger partial charge in [0.25, 0.3) is 0 Å². The van der Waals surface area contributed by atoms with E-state index in [4.69, 9.17) is 0 Å². The summed E-state index contributed by atoms with van der Waals surface area (Å²) < 4.78 is 0. The summed E-state index contributed by atoms with van der Waals surface area (Å²) in [5, 5.41) is 6.71. The quantitative estimate of drug-likeness (QED) is 0.831. The van der Waals surface area contributed by atoms with Gasteiger partial charge in [0.15, 0.2) is 5.96 Å². The van der Waals surface area contributed by atoms with E-state index in [9.17, 15) is 0 Å². The number of aryl methyl sites for hydroxylation is 1. The second-order valence-corrected chi connectivity index (χ2v) is 5.15. The van der Waals surface area contributed by atoms with Crippen molar-refractivity contribution in [2.24, 2.45) is 4.99 Å². The van der Waals surface area contributed by atoms with E-state index in [1.807, 2.05) is 0 Å². The molecule has 0 bridgehead atoms. The Bertz CT molecular complexity index is 382. The van der Waals surface area contributed by atoms with Crippen LogP contribution in [0.3, 0.4) is 0 Å². The molecule has 17 heavy (non-hydrogen) atoms. The third kappa shape index (κ3) is 3.77. The van der Waals surface area contributed by atoms with Crippen LogP contribution >= 0.6 is 0 Å². The lowest BCUT2D eigenvalue weighted by Gasteiger charge is -2.27. The van der Waals surface area contributed by atoms with Crippen molar-refractivity contribution in [3.05, 3.63) is 35.9 Å². The highest BCUT2D eigenvalue weighted by Crippen LogP contribution is 2.13. The smallest absolute Gasteiger partial charge is 0.191 e. The van der Waals surface area contributed by atoms with Gasteiger partial charge in [-0.15, -0.1) is 0 Å². The summed E-state index contributed by atoms with van der Waals surface area (Å²) in [6.07, 6.45) is 2.19. The molecule has 1 aromatic rings. The first-order valence-corrected chi connectivity index (χ1v) is 6.26. The molecule has 0 aromatic heterocycles. The molecule has 0 fully saturated rings. The molecule has 92 valence electrons. The largest absolute Gasteiger partial charge is 0.355 e. The molecule has 1 aromatic carbocycles. The molecule has 1 aliphatic heterocycles. The standard InChI is InChI=1S/C14H21N3/c1-14(2,17-13-15-10-11-16-13)9-8-12-6-4-3-5-7-12/h3-7H,8-11H2,1-2H3,(H2,15,16,17). The van der Waals surface area contributed by atoms with E-state index in [0.29, 0.717) is 0 Å². The van der Waals surface area contributed by atoms with Crippen molar-refractivity contribution in [1.82, 2.24) is 10.6 Å². The summed E-state index contributed by atoms with van der Waals surface area (Å²) in [4.78, 5) is 4.37. The van der Waals surface area contributed by atoms with Crippen LogP contribution in [0.1, 0.15) is 25.8 Å². The average Bonchev–Trinajstić information content (AvgIpc) is 2.80. The molecule has 0 aliphatic carbocycles. The van der Waals surface area contributed by atoms with Gasteiger partial charge in [0.1, 0.15) is 0 Å². The van der Waals surface area contributed by atoms with Crippen LogP contribution in [0.4, 0.5) is 0 Å². The maximum Gasteiger partial charge on any atom is 0.191 e. The van der Waals surface area contributed by atoms with Crippen LogP contribution in [0.15, 0.2) is 35.3 Å². The van der Waals surface area contributed by atoms with E-state index in [-0.39, 0.29) is 5.54 Å². The predicted molar refractivity (Wildman–Crippen MR) is 72.3 cm³/mol. The predicted octanol–water partition coefficient (Wildman–Crippen LogP) is 1.95. The fourth-order valence-corrected chi connectivity index (χ4v) is 1.97. The Balaban J connectivity index is 1.84. The zero-order valence-corrected chi connectivity index (χ0v) is 10.7. The Kier molecular flexibility index (Phi) is 3.67. The molecule has 0 saturated heterocycles. The second kappa shape index (κ2) is 5.21. The number of hydrogen-bond donors (Lipinski definition) is 2. The number of benzene rings is 1. The van der Waals surface area contributed by atoms with E-state index < -0.39 is 0 Å². The van der Waals surface area contributed by atoms with Crippen LogP contribution in [-0.2, 0) is 6.42 Å². The molecule has 2 N–H and O–H groups in total. The number of aliphatic imine (C=N–C) groups is 1. The fourth-order valence-electron chi connectivity index (χ4n) is 1.97. The highest BCUT2D eigenvalue weighted by Gasteiger charge is 2.20. The van der Waals surface area contributed by atoms with Crippen LogP contribution in [0.25, 0.3) is 0 Å². The molecule has 0 amide bonds. The summed E-state index contributed by atoms with van der Waals surface area (Å²) in [5.74, 6) is 0.947. The van der Waals surface area contributed by atoms with Crippen molar-refractivity contribution in [3.8, 4) is 0 Å². The summed E-state index contributed by atoms with van der Waals surface area (Å²) in [6.45, 7) is 6.28. The van der Waals surface area contributed by atoms with Gasteiger partial charge in [-0.1, -0.05) is 30.3 Å². The number of hydrogen-bond acceptors (Lipinski definition) is 3. The lowest BCUT2D eigenvalue weighted by atomic mass is 9.95. The summed E-state index contributed by atoms with van der Waals surface area (Å²) >= 11 is 0. The van der Waals surface area contributed by atoms with Crippen molar-refractivity contribution in [2.75, 3.05) is 13.1 Å². The molecule has 2 rings (SSSR count). The SMILES string of the molecule is CC(C)(CCc1ccccc1)NC1=NCCN1. The maximum absolute atomic E-state index is 4.37. The second-order valence-electron chi connectivity index (χ2n) is 5.15. The summed E-state index contributed by atoms with van der Waals surface area (Å²) in [7, 11) is 0.